The number of halogens is 1. The number of nitrogens with two attached hydrogens (primary N) is 1. The van der Waals surface area contributed by atoms with Crippen molar-refractivity contribution in [2.45, 2.75) is 0 Å². The van der Waals surface area contributed by atoms with Gasteiger partial charge in [0.2, 0.25) is 0 Å². The number of rotatable bonds is 4. The van der Waals surface area contributed by atoms with E-state index in [1.807, 2.05) is 0 Å². The molecule has 0 unspecified atom stereocenters. The second kappa shape index (κ2) is 6.06. The van der Waals surface area contributed by atoms with E-state index < -0.39 is 9.84 Å². The van der Waals surface area contributed by atoms with Crippen LogP contribution in [0, 0.1) is 0 Å². The highest BCUT2D eigenvalue weighted by molar-refractivity contribution is 9.10. The molecule has 1 aliphatic heterocycles. The molecule has 0 amide bonds. The highest BCUT2D eigenvalue weighted by atomic mass is 79.9. The number of anilines is 2. The Kier molecular flexibility index (Phi) is 4.64. The molecular weight excluding hydrogens is 332 g/mol. The summed E-state index contributed by atoms with van der Waals surface area (Å²) in [6.45, 7) is 2.69. The van der Waals surface area contributed by atoms with Gasteiger partial charge in [-0.15, -0.1) is 0 Å². The van der Waals surface area contributed by atoms with Crippen LogP contribution < -0.4 is 11.1 Å². The van der Waals surface area contributed by atoms with Gasteiger partial charge in [0.25, 0.3) is 0 Å². The van der Waals surface area contributed by atoms with E-state index in [0.717, 1.165) is 11.0 Å². The van der Waals surface area contributed by atoms with Gasteiger partial charge >= 0.3 is 0 Å². The average Bonchev–Trinajstić information content (AvgIpc) is 2.34. The topological polar surface area (TPSA) is 88.3 Å². The number of aromatic nitrogens is 1. The second-order valence-corrected chi connectivity index (χ2v) is 7.73. The highest BCUT2D eigenvalue weighted by Crippen LogP contribution is 2.19. The van der Waals surface area contributed by atoms with Crippen molar-refractivity contribution in [1.29, 1.82) is 0 Å². The maximum atomic E-state index is 11.3. The third-order valence-corrected chi connectivity index (χ3v) is 5.08. The Morgan fingerprint density at radius 1 is 1.42 bits per heavy atom. The second-order valence-electron chi connectivity index (χ2n) is 4.51. The van der Waals surface area contributed by atoms with E-state index >= 15 is 0 Å². The molecule has 19 heavy (non-hydrogen) atoms. The average molecular weight is 349 g/mol. The third kappa shape index (κ3) is 4.32. The van der Waals surface area contributed by atoms with Crippen molar-refractivity contribution in [2.75, 3.05) is 48.7 Å². The smallest absolute Gasteiger partial charge is 0.152 e. The lowest BCUT2D eigenvalue weighted by Crippen LogP contribution is -2.42. The molecule has 1 aromatic heterocycles. The minimum Gasteiger partial charge on any atom is -0.396 e. The van der Waals surface area contributed by atoms with Crippen LogP contribution in [0.5, 0.6) is 0 Å². The van der Waals surface area contributed by atoms with Gasteiger partial charge in [0, 0.05) is 36.8 Å². The summed E-state index contributed by atoms with van der Waals surface area (Å²) in [7, 11) is -2.80. The normalized spacial score (nSPS) is 19.2. The molecule has 1 aromatic rings. The SMILES string of the molecule is Nc1cc(Br)cnc1NCCN1CCS(=O)(=O)CC1. The fourth-order valence-electron chi connectivity index (χ4n) is 1.91. The molecule has 1 saturated heterocycles. The largest absolute Gasteiger partial charge is 0.396 e. The Hall–Kier alpha value is -0.860. The first-order valence-corrected chi connectivity index (χ1v) is 8.65. The van der Waals surface area contributed by atoms with Crippen LogP contribution in [0.3, 0.4) is 0 Å². The minimum atomic E-state index is -2.80. The van der Waals surface area contributed by atoms with Crippen molar-refractivity contribution in [3.8, 4) is 0 Å². The predicted octanol–water partition coefficient (Wildman–Crippen LogP) is 0.569. The molecular formula is C11H17BrN4O2S. The molecule has 1 fully saturated rings. The van der Waals surface area contributed by atoms with Gasteiger partial charge in [0.15, 0.2) is 9.84 Å². The van der Waals surface area contributed by atoms with E-state index in [4.69, 9.17) is 5.73 Å². The molecule has 0 atom stereocenters. The van der Waals surface area contributed by atoms with Crippen molar-refractivity contribution < 1.29 is 8.42 Å². The van der Waals surface area contributed by atoms with Crippen molar-refractivity contribution in [3.63, 3.8) is 0 Å². The molecule has 0 aromatic carbocycles. The zero-order chi connectivity index (χ0) is 13.9. The summed E-state index contributed by atoms with van der Waals surface area (Å²) in [4.78, 5) is 6.31. The fraction of sp³-hybridized carbons (Fsp3) is 0.545. The van der Waals surface area contributed by atoms with Crippen molar-refractivity contribution in [2.24, 2.45) is 0 Å². The van der Waals surface area contributed by atoms with Crippen LogP contribution in [0.4, 0.5) is 11.5 Å². The summed E-state index contributed by atoms with van der Waals surface area (Å²) in [5.41, 5.74) is 6.42. The van der Waals surface area contributed by atoms with E-state index in [1.54, 1.807) is 12.3 Å². The van der Waals surface area contributed by atoms with Gasteiger partial charge in [0.1, 0.15) is 5.82 Å². The van der Waals surface area contributed by atoms with Gasteiger partial charge in [-0.1, -0.05) is 0 Å². The molecule has 0 bridgehead atoms. The minimum absolute atomic E-state index is 0.256. The fourth-order valence-corrected chi connectivity index (χ4v) is 3.53. The summed E-state index contributed by atoms with van der Waals surface area (Å²) in [6, 6.07) is 1.79. The van der Waals surface area contributed by atoms with Crippen LogP contribution in [-0.2, 0) is 9.84 Å². The van der Waals surface area contributed by atoms with E-state index in [0.29, 0.717) is 31.1 Å². The number of hydrogen-bond donors (Lipinski definition) is 2. The quantitative estimate of drug-likeness (QED) is 0.826. The van der Waals surface area contributed by atoms with Gasteiger partial charge in [-0.2, -0.15) is 0 Å². The number of hydrogen-bond acceptors (Lipinski definition) is 6. The van der Waals surface area contributed by atoms with Gasteiger partial charge < -0.3 is 11.1 Å². The molecule has 8 heteroatoms. The van der Waals surface area contributed by atoms with Crippen LogP contribution in [-0.4, -0.2) is 56.0 Å². The van der Waals surface area contributed by atoms with Gasteiger partial charge in [0.05, 0.1) is 17.2 Å². The van der Waals surface area contributed by atoms with E-state index in [1.165, 1.54) is 0 Å². The lowest BCUT2D eigenvalue weighted by Gasteiger charge is -2.26. The zero-order valence-corrected chi connectivity index (χ0v) is 12.9. The zero-order valence-electron chi connectivity index (χ0n) is 10.5. The number of nitrogen functional groups attached to an aromatic ring is 1. The Bertz CT molecular complexity index is 536. The summed E-state index contributed by atoms with van der Waals surface area (Å²) < 4.78 is 23.4. The Morgan fingerprint density at radius 2 is 2.11 bits per heavy atom. The standard InChI is InChI=1S/C11H17BrN4O2S/c12-9-7-10(13)11(15-8-9)14-1-2-16-3-5-19(17,18)6-4-16/h7-8H,1-6,13H2,(H,14,15). The number of pyridine rings is 1. The Morgan fingerprint density at radius 3 is 2.74 bits per heavy atom. The first-order valence-electron chi connectivity index (χ1n) is 6.04. The Balaban J connectivity index is 1.78. The molecule has 0 aliphatic carbocycles. The van der Waals surface area contributed by atoms with Crippen LogP contribution in [0.25, 0.3) is 0 Å². The Labute approximate surface area is 121 Å². The van der Waals surface area contributed by atoms with Crippen LogP contribution >= 0.6 is 15.9 Å². The first-order chi connectivity index (χ1) is 8.96. The number of nitrogens with one attached hydrogen (secondary N) is 1. The molecule has 2 rings (SSSR count). The lowest BCUT2D eigenvalue weighted by molar-refractivity contribution is 0.307. The number of sulfone groups is 1. The van der Waals surface area contributed by atoms with Crippen molar-refractivity contribution in [3.05, 3.63) is 16.7 Å². The van der Waals surface area contributed by atoms with Gasteiger partial charge in [-0.05, 0) is 22.0 Å². The van der Waals surface area contributed by atoms with Crippen molar-refractivity contribution in [1.82, 2.24) is 9.88 Å². The van der Waals surface area contributed by atoms with E-state index in [9.17, 15) is 8.42 Å². The maximum Gasteiger partial charge on any atom is 0.152 e. The molecule has 6 nitrogen and oxygen atoms in total. The van der Waals surface area contributed by atoms with Gasteiger partial charge in [-0.3, -0.25) is 4.90 Å². The third-order valence-electron chi connectivity index (χ3n) is 3.04. The maximum absolute atomic E-state index is 11.3. The predicted molar refractivity (Wildman–Crippen MR) is 79.9 cm³/mol. The highest BCUT2D eigenvalue weighted by Gasteiger charge is 2.20. The van der Waals surface area contributed by atoms with Crippen LogP contribution in [0.15, 0.2) is 16.7 Å². The first kappa shape index (κ1) is 14.5. The molecule has 3 N–H and O–H groups in total. The van der Waals surface area contributed by atoms with Crippen LogP contribution in [0.1, 0.15) is 0 Å². The molecule has 1 aliphatic rings. The van der Waals surface area contributed by atoms with E-state index in [-0.39, 0.29) is 11.5 Å². The van der Waals surface area contributed by atoms with Crippen LogP contribution in [0.2, 0.25) is 0 Å². The monoisotopic (exact) mass is 348 g/mol. The van der Waals surface area contributed by atoms with Gasteiger partial charge in [-0.25, -0.2) is 13.4 Å². The molecule has 106 valence electrons. The van der Waals surface area contributed by atoms with E-state index in [2.05, 4.69) is 31.1 Å². The summed E-state index contributed by atoms with van der Waals surface area (Å²) in [6.07, 6.45) is 1.69. The van der Waals surface area contributed by atoms with Crippen molar-refractivity contribution >= 4 is 37.3 Å². The summed E-state index contributed by atoms with van der Waals surface area (Å²) in [5, 5.41) is 3.16. The molecule has 0 radical (unpaired) electrons. The molecule has 2 heterocycles. The molecule has 0 saturated carbocycles. The summed E-state index contributed by atoms with van der Waals surface area (Å²) >= 11 is 3.30. The number of nitrogens with zero attached hydrogens (tertiary/aromatic N) is 2. The molecule has 0 spiro atoms. The lowest BCUT2D eigenvalue weighted by atomic mass is 10.4. The summed E-state index contributed by atoms with van der Waals surface area (Å²) in [5.74, 6) is 1.17.